The average Bonchev–Trinajstić information content (AvgIpc) is 2.25. The lowest BCUT2D eigenvalue weighted by Gasteiger charge is -2.15. The van der Waals surface area contributed by atoms with Gasteiger partial charge < -0.3 is 20.9 Å². The summed E-state index contributed by atoms with van der Waals surface area (Å²) in [7, 11) is 0. The first kappa shape index (κ1) is 8.93. The lowest BCUT2D eigenvalue weighted by molar-refractivity contribution is -0.404. The summed E-state index contributed by atoms with van der Waals surface area (Å²) in [6, 6.07) is 0. The molecule has 0 saturated carbocycles. The molecular weight excluding hydrogens is 144 g/mol. The molecule has 1 aliphatic heterocycles. The van der Waals surface area contributed by atoms with Gasteiger partial charge in [-0.25, -0.2) is 0 Å². The SMILES string of the molecule is CC1(C)O[C@@H](C[NH3+])[C@H](C[NH3+])O1. The number of ether oxygens (including phenoxy) is 2. The van der Waals surface area contributed by atoms with Gasteiger partial charge in [0.1, 0.15) is 25.3 Å². The summed E-state index contributed by atoms with van der Waals surface area (Å²) in [4.78, 5) is 0. The van der Waals surface area contributed by atoms with Crippen molar-refractivity contribution in [2.24, 2.45) is 0 Å². The first-order valence-corrected chi connectivity index (χ1v) is 4.03. The Hall–Kier alpha value is -0.160. The van der Waals surface area contributed by atoms with Crippen LogP contribution in [0.2, 0.25) is 0 Å². The van der Waals surface area contributed by atoms with Crippen molar-refractivity contribution in [3.63, 3.8) is 0 Å². The third-order valence-electron chi connectivity index (χ3n) is 1.85. The van der Waals surface area contributed by atoms with Gasteiger partial charge in [0, 0.05) is 0 Å². The maximum absolute atomic E-state index is 5.58. The van der Waals surface area contributed by atoms with Crippen molar-refractivity contribution in [1.29, 1.82) is 0 Å². The quantitative estimate of drug-likeness (QED) is 0.492. The minimum Gasteiger partial charge on any atom is -0.355 e. The zero-order valence-electron chi connectivity index (χ0n) is 7.30. The molecule has 4 heteroatoms. The third kappa shape index (κ3) is 1.90. The van der Waals surface area contributed by atoms with Crippen LogP contribution in [0.4, 0.5) is 0 Å². The van der Waals surface area contributed by atoms with Crippen LogP contribution in [-0.4, -0.2) is 31.1 Å². The topological polar surface area (TPSA) is 73.7 Å². The van der Waals surface area contributed by atoms with Gasteiger partial charge in [0.25, 0.3) is 0 Å². The lowest BCUT2D eigenvalue weighted by Crippen LogP contribution is -2.63. The van der Waals surface area contributed by atoms with Crippen LogP contribution in [-0.2, 0) is 9.47 Å². The average molecular weight is 162 g/mol. The second kappa shape index (κ2) is 3.06. The Morgan fingerprint density at radius 1 is 1.09 bits per heavy atom. The van der Waals surface area contributed by atoms with Gasteiger partial charge in [-0.3, -0.25) is 0 Å². The van der Waals surface area contributed by atoms with Gasteiger partial charge in [0.15, 0.2) is 5.79 Å². The van der Waals surface area contributed by atoms with Crippen LogP contribution in [0.15, 0.2) is 0 Å². The van der Waals surface area contributed by atoms with Gasteiger partial charge in [-0.05, 0) is 13.8 Å². The van der Waals surface area contributed by atoms with Crippen molar-refractivity contribution in [3.8, 4) is 0 Å². The van der Waals surface area contributed by atoms with Gasteiger partial charge in [0.05, 0.1) is 0 Å². The molecule has 1 heterocycles. The first-order valence-electron chi connectivity index (χ1n) is 4.03. The molecule has 0 unspecified atom stereocenters. The maximum atomic E-state index is 5.58. The molecule has 0 amide bonds. The Balaban J connectivity index is 2.55. The zero-order chi connectivity index (χ0) is 8.48. The molecule has 4 nitrogen and oxygen atoms in total. The number of quaternary nitrogens is 2. The van der Waals surface area contributed by atoms with E-state index in [2.05, 4.69) is 11.5 Å². The zero-order valence-corrected chi connectivity index (χ0v) is 7.30. The normalized spacial score (nSPS) is 36.0. The van der Waals surface area contributed by atoms with E-state index in [1.807, 2.05) is 13.8 Å². The van der Waals surface area contributed by atoms with Crippen LogP contribution in [0.1, 0.15) is 13.8 Å². The van der Waals surface area contributed by atoms with E-state index in [0.717, 1.165) is 13.1 Å². The second-order valence-corrected chi connectivity index (χ2v) is 3.29. The van der Waals surface area contributed by atoms with E-state index < -0.39 is 5.79 Å². The molecule has 0 radical (unpaired) electrons. The molecule has 66 valence electrons. The summed E-state index contributed by atoms with van der Waals surface area (Å²) in [6.45, 7) is 5.35. The molecule has 0 spiro atoms. The standard InChI is InChI=1S/C7H16N2O2/c1-7(2)10-5(3-8)6(4-9)11-7/h5-6H,3-4,8-9H2,1-2H3/p+2/t5-,6-/m0/s1. The van der Waals surface area contributed by atoms with E-state index in [1.165, 1.54) is 0 Å². The highest BCUT2D eigenvalue weighted by molar-refractivity contribution is 4.79. The van der Waals surface area contributed by atoms with Crippen LogP contribution >= 0.6 is 0 Å². The number of rotatable bonds is 2. The predicted molar refractivity (Wildman–Crippen MR) is 39.3 cm³/mol. The highest BCUT2D eigenvalue weighted by atomic mass is 16.8. The molecule has 1 aliphatic rings. The largest absolute Gasteiger partial charge is 0.355 e. The second-order valence-electron chi connectivity index (χ2n) is 3.29. The van der Waals surface area contributed by atoms with Crippen molar-refractivity contribution in [2.45, 2.75) is 31.8 Å². The summed E-state index contributed by atoms with van der Waals surface area (Å²) in [6.07, 6.45) is 0.255. The van der Waals surface area contributed by atoms with E-state index in [1.54, 1.807) is 0 Å². The van der Waals surface area contributed by atoms with Gasteiger partial charge in [-0.1, -0.05) is 0 Å². The Labute approximate surface area is 66.8 Å². The Kier molecular flexibility index (Phi) is 2.49. The molecule has 11 heavy (non-hydrogen) atoms. The molecule has 0 aromatic heterocycles. The number of hydrogen-bond acceptors (Lipinski definition) is 2. The molecule has 0 aliphatic carbocycles. The molecular formula is C7H18N2O2+2. The molecule has 1 saturated heterocycles. The van der Waals surface area contributed by atoms with Crippen LogP contribution in [0.3, 0.4) is 0 Å². The summed E-state index contributed by atoms with van der Waals surface area (Å²) in [5.74, 6) is -0.440. The number of hydrogen-bond donors (Lipinski definition) is 2. The van der Waals surface area contributed by atoms with E-state index in [0.29, 0.717) is 0 Å². The van der Waals surface area contributed by atoms with E-state index in [9.17, 15) is 0 Å². The monoisotopic (exact) mass is 162 g/mol. The van der Waals surface area contributed by atoms with E-state index in [-0.39, 0.29) is 12.2 Å². The van der Waals surface area contributed by atoms with E-state index in [4.69, 9.17) is 9.47 Å². The summed E-state index contributed by atoms with van der Waals surface area (Å²) < 4.78 is 11.2. The van der Waals surface area contributed by atoms with Crippen molar-refractivity contribution >= 4 is 0 Å². The Morgan fingerprint density at radius 3 is 1.73 bits per heavy atom. The molecule has 6 N–H and O–H groups in total. The van der Waals surface area contributed by atoms with Gasteiger partial charge in [-0.2, -0.15) is 0 Å². The molecule has 1 fully saturated rings. The Bertz CT molecular complexity index is 124. The molecule has 0 aromatic rings. The smallest absolute Gasteiger partial charge is 0.164 e. The molecule has 0 aromatic carbocycles. The first-order chi connectivity index (χ1) is 5.09. The van der Waals surface area contributed by atoms with Crippen LogP contribution in [0.25, 0.3) is 0 Å². The van der Waals surface area contributed by atoms with Crippen LogP contribution in [0.5, 0.6) is 0 Å². The minimum atomic E-state index is -0.440. The highest BCUT2D eigenvalue weighted by Crippen LogP contribution is 2.26. The molecule has 0 bridgehead atoms. The fourth-order valence-electron chi connectivity index (χ4n) is 1.40. The fourth-order valence-corrected chi connectivity index (χ4v) is 1.40. The minimum absolute atomic E-state index is 0.127. The van der Waals surface area contributed by atoms with Gasteiger partial charge in [0.2, 0.25) is 0 Å². The van der Waals surface area contributed by atoms with Crippen molar-refractivity contribution in [1.82, 2.24) is 0 Å². The van der Waals surface area contributed by atoms with Gasteiger partial charge >= 0.3 is 0 Å². The van der Waals surface area contributed by atoms with Gasteiger partial charge in [-0.15, -0.1) is 0 Å². The summed E-state index contributed by atoms with van der Waals surface area (Å²) in [5.41, 5.74) is 7.60. The van der Waals surface area contributed by atoms with Crippen molar-refractivity contribution in [3.05, 3.63) is 0 Å². The molecule has 1 rings (SSSR count). The third-order valence-corrected chi connectivity index (χ3v) is 1.85. The maximum Gasteiger partial charge on any atom is 0.164 e. The van der Waals surface area contributed by atoms with Crippen LogP contribution in [0, 0.1) is 0 Å². The summed E-state index contributed by atoms with van der Waals surface area (Å²) in [5, 5.41) is 0. The highest BCUT2D eigenvalue weighted by Gasteiger charge is 2.41. The van der Waals surface area contributed by atoms with Crippen molar-refractivity contribution < 1.29 is 20.9 Å². The van der Waals surface area contributed by atoms with E-state index >= 15 is 0 Å². The van der Waals surface area contributed by atoms with Crippen LogP contribution < -0.4 is 11.5 Å². The lowest BCUT2D eigenvalue weighted by atomic mass is 10.2. The fraction of sp³-hybridized carbons (Fsp3) is 1.00. The Morgan fingerprint density at radius 2 is 1.45 bits per heavy atom. The van der Waals surface area contributed by atoms with Crippen molar-refractivity contribution in [2.75, 3.05) is 13.1 Å². The molecule has 2 atom stereocenters. The predicted octanol–water partition coefficient (Wildman–Crippen LogP) is -2.01. The summed E-state index contributed by atoms with van der Waals surface area (Å²) >= 11 is 0.